The molecule has 3 fully saturated rings. The van der Waals surface area contributed by atoms with Gasteiger partial charge in [-0.15, -0.1) is 0 Å². The van der Waals surface area contributed by atoms with Crippen molar-refractivity contribution < 1.29 is 28.1 Å². The number of aliphatic hydroxyl groups excluding tert-OH is 1. The molecule has 2 saturated heterocycles. The van der Waals surface area contributed by atoms with E-state index >= 15 is 0 Å². The summed E-state index contributed by atoms with van der Waals surface area (Å²) < 4.78 is 45.7. The summed E-state index contributed by atoms with van der Waals surface area (Å²) in [5.74, 6) is -0.398. The van der Waals surface area contributed by atoms with Crippen molar-refractivity contribution in [2.24, 2.45) is 11.8 Å². The van der Waals surface area contributed by atoms with Gasteiger partial charge in [-0.3, -0.25) is 0 Å². The van der Waals surface area contributed by atoms with Crippen LogP contribution in [0.1, 0.15) is 58.3 Å². The summed E-state index contributed by atoms with van der Waals surface area (Å²) in [6, 6.07) is 0. The molecule has 0 aromatic heterocycles. The summed E-state index contributed by atoms with van der Waals surface area (Å²) in [4.78, 5) is 0. The van der Waals surface area contributed by atoms with Crippen molar-refractivity contribution in [3.63, 3.8) is 0 Å². The molecular formula is C20H32F2O4. The van der Waals surface area contributed by atoms with Gasteiger partial charge in [0.25, 0.3) is 0 Å². The van der Waals surface area contributed by atoms with Crippen LogP contribution in [0, 0.1) is 11.8 Å². The van der Waals surface area contributed by atoms with Gasteiger partial charge in [-0.2, -0.15) is 0 Å². The molecule has 4 nitrogen and oxygen atoms in total. The third kappa shape index (κ3) is 4.83. The third-order valence-electron chi connectivity index (χ3n) is 5.85. The quantitative estimate of drug-likeness (QED) is 0.651. The molecule has 0 aromatic rings. The Morgan fingerprint density at radius 1 is 1.27 bits per heavy atom. The molecular weight excluding hydrogens is 342 g/mol. The highest BCUT2D eigenvalue weighted by molar-refractivity contribution is 5.06. The summed E-state index contributed by atoms with van der Waals surface area (Å²) in [7, 11) is 0. The zero-order valence-electron chi connectivity index (χ0n) is 15.6. The molecule has 0 bridgehead atoms. The maximum Gasteiger partial charge on any atom is 0.186 e. The predicted molar refractivity (Wildman–Crippen MR) is 94.0 cm³/mol. The average molecular weight is 374 g/mol. The number of rotatable bonds is 8. The number of unbranched alkanes of at least 4 members (excludes halogenated alkanes) is 1. The number of ether oxygens (including phenoxy) is 3. The number of alkyl halides is 2. The Hall–Kier alpha value is -0.560. The van der Waals surface area contributed by atoms with Gasteiger partial charge in [0, 0.05) is 12.5 Å². The number of halogens is 2. The average Bonchev–Trinajstić information content (AvgIpc) is 3.17. The normalized spacial score (nSPS) is 40.0. The third-order valence-corrected chi connectivity index (χ3v) is 5.85. The van der Waals surface area contributed by atoms with Crippen molar-refractivity contribution in [2.45, 2.75) is 95.4 Å². The lowest BCUT2D eigenvalue weighted by Gasteiger charge is -2.28. The van der Waals surface area contributed by atoms with E-state index < -0.39 is 24.7 Å². The van der Waals surface area contributed by atoms with Crippen LogP contribution in [0.15, 0.2) is 12.2 Å². The SMILES string of the molecule is CCCCC(F)C(C=C[C@@H]1CCC2OC(O)[C@H](F)[C@H]21)OC1CCCCO1. The van der Waals surface area contributed by atoms with E-state index in [9.17, 15) is 13.9 Å². The second-order valence-electron chi connectivity index (χ2n) is 7.77. The van der Waals surface area contributed by atoms with Crippen molar-refractivity contribution >= 4 is 0 Å². The van der Waals surface area contributed by atoms with E-state index in [1.165, 1.54) is 0 Å². The molecule has 2 heterocycles. The van der Waals surface area contributed by atoms with Gasteiger partial charge in [0.2, 0.25) is 0 Å². The highest BCUT2D eigenvalue weighted by Crippen LogP contribution is 2.44. The molecule has 26 heavy (non-hydrogen) atoms. The Bertz CT molecular complexity index is 453. The van der Waals surface area contributed by atoms with Gasteiger partial charge >= 0.3 is 0 Å². The minimum absolute atomic E-state index is 0.0519. The van der Waals surface area contributed by atoms with Crippen LogP contribution in [-0.4, -0.2) is 48.8 Å². The fourth-order valence-electron chi connectivity index (χ4n) is 4.35. The molecule has 1 saturated carbocycles. The number of hydrogen-bond donors (Lipinski definition) is 1. The Balaban J connectivity index is 1.62. The van der Waals surface area contributed by atoms with Gasteiger partial charge in [-0.1, -0.05) is 31.9 Å². The summed E-state index contributed by atoms with van der Waals surface area (Å²) in [5, 5.41) is 9.58. The van der Waals surface area contributed by atoms with E-state index in [0.29, 0.717) is 13.0 Å². The molecule has 3 aliphatic rings. The second-order valence-corrected chi connectivity index (χ2v) is 7.77. The standard InChI is InChI=1S/C20H32F2O4/c1-2-3-6-14(21)15(25-17-7-4-5-12-24-17)10-8-13-9-11-16-18(13)19(22)20(23)26-16/h8,10,13-20,23H,2-7,9,11-12H2,1H3/t13-,14?,15?,16?,17?,18+,19-,20?/m1/s1. The molecule has 6 heteroatoms. The van der Waals surface area contributed by atoms with Crippen LogP contribution < -0.4 is 0 Å². The molecule has 1 N–H and O–H groups in total. The molecule has 0 amide bonds. The lowest BCUT2D eigenvalue weighted by atomic mass is 9.90. The Morgan fingerprint density at radius 3 is 2.85 bits per heavy atom. The van der Waals surface area contributed by atoms with Gasteiger partial charge in [0.15, 0.2) is 18.8 Å². The van der Waals surface area contributed by atoms with Crippen LogP contribution in [0.3, 0.4) is 0 Å². The van der Waals surface area contributed by atoms with Crippen molar-refractivity contribution in [1.82, 2.24) is 0 Å². The van der Waals surface area contributed by atoms with Crippen LogP contribution in [0.2, 0.25) is 0 Å². The topological polar surface area (TPSA) is 47.9 Å². The van der Waals surface area contributed by atoms with Crippen molar-refractivity contribution in [1.29, 1.82) is 0 Å². The summed E-state index contributed by atoms with van der Waals surface area (Å²) in [6.07, 6.45) is 5.08. The first-order chi connectivity index (χ1) is 12.6. The Kier molecular flexibility index (Phi) is 7.44. The molecule has 3 rings (SSSR count). The molecule has 2 aliphatic heterocycles. The fourth-order valence-corrected chi connectivity index (χ4v) is 4.35. The number of aliphatic hydroxyl groups is 1. The molecule has 8 atom stereocenters. The fraction of sp³-hybridized carbons (Fsp3) is 0.900. The predicted octanol–water partition coefficient (Wildman–Crippen LogP) is 4.06. The summed E-state index contributed by atoms with van der Waals surface area (Å²) >= 11 is 0. The lowest BCUT2D eigenvalue weighted by molar-refractivity contribution is -0.189. The second kappa shape index (κ2) is 9.58. The van der Waals surface area contributed by atoms with E-state index in [1.54, 1.807) is 6.08 Å². The first-order valence-electron chi connectivity index (χ1n) is 10.2. The zero-order valence-corrected chi connectivity index (χ0v) is 15.6. The number of allylic oxidation sites excluding steroid dienone is 1. The minimum atomic E-state index is -1.38. The van der Waals surface area contributed by atoms with E-state index in [4.69, 9.17) is 14.2 Å². The molecule has 0 spiro atoms. The van der Waals surface area contributed by atoms with Gasteiger partial charge < -0.3 is 19.3 Å². The molecule has 5 unspecified atom stereocenters. The first kappa shape index (κ1) is 20.2. The molecule has 0 aromatic carbocycles. The highest BCUT2D eigenvalue weighted by Gasteiger charge is 2.50. The van der Waals surface area contributed by atoms with E-state index in [1.807, 2.05) is 13.0 Å². The first-order valence-corrected chi connectivity index (χ1v) is 10.2. The number of fused-ring (bicyclic) bond motifs is 1. The van der Waals surface area contributed by atoms with E-state index in [2.05, 4.69) is 0 Å². The summed E-state index contributed by atoms with van der Waals surface area (Å²) in [6.45, 7) is 2.69. The van der Waals surface area contributed by atoms with Gasteiger partial charge in [-0.05, 0) is 44.4 Å². The Labute approximate surface area is 154 Å². The lowest BCUT2D eigenvalue weighted by Crippen LogP contribution is -2.33. The minimum Gasteiger partial charge on any atom is -0.366 e. The molecule has 0 radical (unpaired) electrons. The van der Waals surface area contributed by atoms with Crippen LogP contribution in [0.4, 0.5) is 8.78 Å². The van der Waals surface area contributed by atoms with E-state index in [0.717, 1.165) is 44.9 Å². The maximum atomic E-state index is 14.7. The van der Waals surface area contributed by atoms with E-state index in [-0.39, 0.29) is 24.2 Å². The number of hydrogen-bond acceptors (Lipinski definition) is 4. The van der Waals surface area contributed by atoms with Crippen LogP contribution >= 0.6 is 0 Å². The largest absolute Gasteiger partial charge is 0.366 e. The maximum absolute atomic E-state index is 14.7. The van der Waals surface area contributed by atoms with Crippen LogP contribution in [-0.2, 0) is 14.2 Å². The van der Waals surface area contributed by atoms with Gasteiger partial charge in [-0.25, -0.2) is 8.78 Å². The highest BCUT2D eigenvalue weighted by atomic mass is 19.1. The zero-order chi connectivity index (χ0) is 18.5. The molecule has 1 aliphatic carbocycles. The van der Waals surface area contributed by atoms with Gasteiger partial charge in [0.1, 0.15) is 12.3 Å². The Morgan fingerprint density at radius 2 is 2.12 bits per heavy atom. The monoisotopic (exact) mass is 374 g/mol. The smallest absolute Gasteiger partial charge is 0.186 e. The van der Waals surface area contributed by atoms with Crippen LogP contribution in [0.5, 0.6) is 0 Å². The summed E-state index contributed by atoms with van der Waals surface area (Å²) in [5.41, 5.74) is 0. The van der Waals surface area contributed by atoms with Gasteiger partial charge in [0.05, 0.1) is 6.10 Å². The van der Waals surface area contributed by atoms with Crippen molar-refractivity contribution in [3.8, 4) is 0 Å². The van der Waals surface area contributed by atoms with Crippen LogP contribution in [0.25, 0.3) is 0 Å². The molecule has 150 valence electrons. The van der Waals surface area contributed by atoms with Crippen molar-refractivity contribution in [2.75, 3.05) is 6.61 Å². The van der Waals surface area contributed by atoms with Crippen molar-refractivity contribution in [3.05, 3.63) is 12.2 Å².